The van der Waals surface area contributed by atoms with E-state index in [1.165, 1.54) is 7.11 Å². The molecule has 0 saturated heterocycles. The first-order valence-electron chi connectivity index (χ1n) is 5.17. The lowest BCUT2D eigenvalue weighted by Gasteiger charge is -2.05. The van der Waals surface area contributed by atoms with Crippen LogP contribution < -0.4 is 15.0 Å². The molecule has 0 saturated carbocycles. The standard InChI is InChI=1S/C13H12N2O2/c1-17-12-9-10(5-6-11(12)13(14)16)15-7-3-2-4-8-15/h2-9H,1H3,(H-,14,16)/p+1. The Morgan fingerprint density at radius 1 is 1.24 bits per heavy atom. The molecule has 0 fully saturated rings. The van der Waals surface area contributed by atoms with Crippen LogP contribution in [0.4, 0.5) is 0 Å². The number of ether oxygens (including phenoxy) is 1. The average molecular weight is 229 g/mol. The van der Waals surface area contributed by atoms with Crippen LogP contribution in [0.15, 0.2) is 48.8 Å². The van der Waals surface area contributed by atoms with Crippen LogP contribution in [0.3, 0.4) is 0 Å². The van der Waals surface area contributed by atoms with Gasteiger partial charge in [-0.1, -0.05) is 6.07 Å². The SMILES string of the molecule is COc1cc(-[n+]2ccccc2)ccc1C(N)=O. The maximum Gasteiger partial charge on any atom is 0.252 e. The smallest absolute Gasteiger partial charge is 0.252 e. The van der Waals surface area contributed by atoms with Gasteiger partial charge in [0.05, 0.1) is 18.7 Å². The van der Waals surface area contributed by atoms with Gasteiger partial charge in [-0.2, -0.15) is 4.57 Å². The maximum absolute atomic E-state index is 11.2. The van der Waals surface area contributed by atoms with E-state index in [4.69, 9.17) is 10.5 Å². The van der Waals surface area contributed by atoms with Crippen LogP contribution in [-0.2, 0) is 0 Å². The van der Waals surface area contributed by atoms with E-state index >= 15 is 0 Å². The van der Waals surface area contributed by atoms with E-state index in [0.717, 1.165) is 5.69 Å². The molecule has 0 bridgehead atoms. The highest BCUT2D eigenvalue weighted by Gasteiger charge is 2.13. The summed E-state index contributed by atoms with van der Waals surface area (Å²) in [4.78, 5) is 11.2. The average Bonchev–Trinajstić information content (AvgIpc) is 2.39. The number of pyridine rings is 1. The lowest BCUT2D eigenvalue weighted by atomic mass is 10.1. The molecule has 0 aliphatic heterocycles. The molecule has 1 aromatic carbocycles. The van der Waals surface area contributed by atoms with E-state index in [1.54, 1.807) is 12.1 Å². The quantitative estimate of drug-likeness (QED) is 0.800. The second kappa shape index (κ2) is 4.65. The van der Waals surface area contributed by atoms with Crippen molar-refractivity contribution in [3.05, 3.63) is 54.4 Å². The van der Waals surface area contributed by atoms with Gasteiger partial charge in [-0.3, -0.25) is 4.79 Å². The van der Waals surface area contributed by atoms with Crippen molar-refractivity contribution in [1.29, 1.82) is 0 Å². The van der Waals surface area contributed by atoms with E-state index in [2.05, 4.69) is 0 Å². The van der Waals surface area contributed by atoms with E-state index in [0.29, 0.717) is 11.3 Å². The number of rotatable bonds is 3. The summed E-state index contributed by atoms with van der Waals surface area (Å²) >= 11 is 0. The molecule has 0 aliphatic carbocycles. The molecular formula is C13H13N2O2+. The van der Waals surface area contributed by atoms with Crippen LogP contribution >= 0.6 is 0 Å². The van der Waals surface area contributed by atoms with Gasteiger partial charge in [-0.05, 0) is 6.07 Å². The lowest BCUT2D eigenvalue weighted by Crippen LogP contribution is -2.29. The normalized spacial score (nSPS) is 9.94. The van der Waals surface area contributed by atoms with E-state index in [9.17, 15) is 4.79 Å². The molecule has 1 amide bonds. The summed E-state index contributed by atoms with van der Waals surface area (Å²) in [5.41, 5.74) is 6.55. The fourth-order valence-electron chi connectivity index (χ4n) is 1.61. The summed E-state index contributed by atoms with van der Waals surface area (Å²) in [6.07, 6.45) is 3.83. The minimum atomic E-state index is -0.494. The number of carbonyl (C=O) groups is 1. The Morgan fingerprint density at radius 2 is 1.94 bits per heavy atom. The molecule has 4 nitrogen and oxygen atoms in total. The Bertz CT molecular complexity index is 538. The summed E-state index contributed by atoms with van der Waals surface area (Å²) in [5.74, 6) is -0.0159. The maximum atomic E-state index is 11.2. The van der Waals surface area contributed by atoms with Crippen molar-refractivity contribution in [3.63, 3.8) is 0 Å². The number of nitrogens with zero attached hydrogens (tertiary/aromatic N) is 1. The number of nitrogens with two attached hydrogens (primary N) is 1. The van der Waals surface area contributed by atoms with E-state index in [-0.39, 0.29) is 0 Å². The number of primary amides is 1. The van der Waals surface area contributed by atoms with Gasteiger partial charge in [0.2, 0.25) is 5.69 Å². The van der Waals surface area contributed by atoms with Crippen molar-refractivity contribution < 1.29 is 14.1 Å². The van der Waals surface area contributed by atoms with Gasteiger partial charge in [0.25, 0.3) is 5.91 Å². The number of hydrogen-bond acceptors (Lipinski definition) is 2. The van der Waals surface area contributed by atoms with Crippen LogP contribution in [0.5, 0.6) is 5.75 Å². The molecule has 0 aliphatic rings. The molecule has 0 atom stereocenters. The van der Waals surface area contributed by atoms with Crippen LogP contribution in [0.1, 0.15) is 10.4 Å². The van der Waals surface area contributed by atoms with E-state index in [1.807, 2.05) is 41.2 Å². The zero-order valence-electron chi connectivity index (χ0n) is 9.46. The second-order valence-electron chi connectivity index (χ2n) is 3.53. The van der Waals surface area contributed by atoms with Gasteiger partial charge in [0, 0.05) is 18.2 Å². The molecular weight excluding hydrogens is 216 g/mol. The van der Waals surface area contributed by atoms with Gasteiger partial charge >= 0.3 is 0 Å². The number of aromatic nitrogens is 1. The van der Waals surface area contributed by atoms with Crippen molar-refractivity contribution in [3.8, 4) is 11.4 Å². The van der Waals surface area contributed by atoms with Crippen molar-refractivity contribution in [1.82, 2.24) is 0 Å². The number of benzene rings is 1. The Kier molecular flexibility index (Phi) is 3.05. The van der Waals surface area contributed by atoms with Gasteiger partial charge in [0.15, 0.2) is 12.4 Å². The summed E-state index contributed by atoms with van der Waals surface area (Å²) in [5, 5.41) is 0. The first-order chi connectivity index (χ1) is 8.22. The first-order valence-corrected chi connectivity index (χ1v) is 5.17. The number of methoxy groups -OCH3 is 1. The highest BCUT2D eigenvalue weighted by atomic mass is 16.5. The monoisotopic (exact) mass is 229 g/mol. The molecule has 4 heteroatoms. The first kappa shape index (κ1) is 11.1. The lowest BCUT2D eigenvalue weighted by molar-refractivity contribution is -0.595. The second-order valence-corrected chi connectivity index (χ2v) is 3.53. The third-order valence-corrected chi connectivity index (χ3v) is 2.46. The third kappa shape index (κ3) is 2.25. The topological polar surface area (TPSA) is 56.2 Å². The highest BCUT2D eigenvalue weighted by Crippen LogP contribution is 2.19. The minimum absolute atomic E-state index is 0.382. The zero-order chi connectivity index (χ0) is 12.3. The van der Waals surface area contributed by atoms with Gasteiger partial charge < -0.3 is 10.5 Å². The Balaban J connectivity index is 2.49. The summed E-state index contributed by atoms with van der Waals surface area (Å²) in [6.45, 7) is 0. The molecule has 0 unspecified atom stereocenters. The van der Waals surface area contributed by atoms with E-state index < -0.39 is 5.91 Å². The van der Waals surface area contributed by atoms with Gasteiger partial charge in [-0.15, -0.1) is 0 Å². The molecule has 86 valence electrons. The van der Waals surface area contributed by atoms with Gasteiger partial charge in [0.1, 0.15) is 5.75 Å². The fraction of sp³-hybridized carbons (Fsp3) is 0.0769. The predicted molar refractivity (Wildman–Crippen MR) is 63.0 cm³/mol. The Labute approximate surface area is 99.3 Å². The summed E-state index contributed by atoms with van der Waals surface area (Å²) < 4.78 is 7.08. The van der Waals surface area contributed by atoms with Crippen molar-refractivity contribution in [2.75, 3.05) is 7.11 Å². The molecule has 2 N–H and O–H groups in total. The largest absolute Gasteiger partial charge is 0.496 e. The zero-order valence-corrected chi connectivity index (χ0v) is 9.46. The van der Waals surface area contributed by atoms with Crippen LogP contribution in [-0.4, -0.2) is 13.0 Å². The van der Waals surface area contributed by atoms with Crippen LogP contribution in [0, 0.1) is 0 Å². The van der Waals surface area contributed by atoms with Crippen LogP contribution in [0.2, 0.25) is 0 Å². The Hall–Kier alpha value is -2.36. The van der Waals surface area contributed by atoms with Gasteiger partial charge in [-0.25, -0.2) is 0 Å². The predicted octanol–water partition coefficient (Wildman–Crippen LogP) is 1.07. The molecule has 0 radical (unpaired) electrons. The molecule has 0 spiro atoms. The number of carbonyl (C=O) groups excluding carboxylic acids is 1. The molecule has 2 rings (SSSR count). The number of amides is 1. The van der Waals surface area contributed by atoms with Crippen molar-refractivity contribution in [2.24, 2.45) is 5.73 Å². The molecule has 17 heavy (non-hydrogen) atoms. The van der Waals surface area contributed by atoms with Crippen molar-refractivity contribution >= 4 is 5.91 Å². The third-order valence-electron chi connectivity index (χ3n) is 2.46. The van der Waals surface area contributed by atoms with Crippen molar-refractivity contribution in [2.45, 2.75) is 0 Å². The molecule has 2 aromatic rings. The fourth-order valence-corrected chi connectivity index (χ4v) is 1.61. The summed E-state index contributed by atoms with van der Waals surface area (Å²) in [7, 11) is 1.52. The number of hydrogen-bond donors (Lipinski definition) is 1. The highest BCUT2D eigenvalue weighted by molar-refractivity contribution is 5.95. The molecule has 1 aromatic heterocycles. The van der Waals surface area contributed by atoms with Crippen LogP contribution in [0.25, 0.3) is 5.69 Å². The minimum Gasteiger partial charge on any atom is -0.496 e. The molecule has 1 heterocycles. The summed E-state index contributed by atoms with van der Waals surface area (Å²) in [6, 6.07) is 11.0. The Morgan fingerprint density at radius 3 is 2.53 bits per heavy atom.